The van der Waals surface area contributed by atoms with Gasteiger partial charge < -0.3 is 19.8 Å². The predicted molar refractivity (Wildman–Crippen MR) is 54.3 cm³/mol. The average molecular weight is 217 g/mol. The van der Waals surface area contributed by atoms with Gasteiger partial charge in [-0.1, -0.05) is 0 Å². The molecule has 0 amide bonds. The van der Waals surface area contributed by atoms with Gasteiger partial charge in [0.1, 0.15) is 0 Å². The fourth-order valence-corrected chi connectivity index (χ4v) is 1.87. The Bertz CT molecular complexity index is 221. The standard InChI is InChI=1S/C10H19NO4/c1-8(12)7-11-5-3-10(14,4-6-11)9(13)15-2/h8,12,14H,3-7H2,1-2H3. The number of piperidine rings is 1. The molecule has 0 aliphatic carbocycles. The van der Waals surface area contributed by atoms with E-state index >= 15 is 0 Å². The van der Waals surface area contributed by atoms with E-state index in [2.05, 4.69) is 4.74 Å². The Balaban J connectivity index is 2.44. The van der Waals surface area contributed by atoms with Crippen molar-refractivity contribution >= 4 is 5.97 Å². The van der Waals surface area contributed by atoms with Crippen LogP contribution in [-0.2, 0) is 9.53 Å². The van der Waals surface area contributed by atoms with Gasteiger partial charge in [-0.3, -0.25) is 0 Å². The maximum atomic E-state index is 11.3. The van der Waals surface area contributed by atoms with E-state index in [1.807, 2.05) is 4.90 Å². The highest BCUT2D eigenvalue weighted by Gasteiger charge is 2.40. The number of methoxy groups -OCH3 is 1. The Morgan fingerprint density at radius 1 is 1.53 bits per heavy atom. The summed E-state index contributed by atoms with van der Waals surface area (Å²) in [5, 5.41) is 19.1. The number of nitrogens with zero attached hydrogens (tertiary/aromatic N) is 1. The monoisotopic (exact) mass is 217 g/mol. The van der Waals surface area contributed by atoms with Crippen molar-refractivity contribution in [1.29, 1.82) is 0 Å². The molecule has 1 rings (SSSR count). The van der Waals surface area contributed by atoms with Crippen molar-refractivity contribution in [3.8, 4) is 0 Å². The summed E-state index contributed by atoms with van der Waals surface area (Å²) in [6.45, 7) is 3.52. The highest BCUT2D eigenvalue weighted by Crippen LogP contribution is 2.23. The number of carbonyl (C=O) groups excluding carboxylic acids is 1. The zero-order valence-corrected chi connectivity index (χ0v) is 9.27. The second kappa shape index (κ2) is 4.92. The van der Waals surface area contributed by atoms with Crippen LogP contribution in [0.3, 0.4) is 0 Å². The van der Waals surface area contributed by atoms with Crippen LogP contribution in [0.15, 0.2) is 0 Å². The van der Waals surface area contributed by atoms with Crippen LogP contribution in [0.2, 0.25) is 0 Å². The fourth-order valence-electron chi connectivity index (χ4n) is 1.87. The first-order valence-corrected chi connectivity index (χ1v) is 5.19. The number of ether oxygens (including phenoxy) is 1. The molecule has 2 N–H and O–H groups in total. The van der Waals surface area contributed by atoms with Gasteiger partial charge in [0.2, 0.25) is 0 Å². The van der Waals surface area contributed by atoms with E-state index in [1.54, 1.807) is 6.92 Å². The molecule has 1 atom stereocenters. The number of aliphatic hydroxyl groups excluding tert-OH is 1. The maximum Gasteiger partial charge on any atom is 0.337 e. The Morgan fingerprint density at radius 3 is 2.47 bits per heavy atom. The first-order valence-electron chi connectivity index (χ1n) is 5.19. The fraction of sp³-hybridized carbons (Fsp3) is 0.900. The van der Waals surface area contributed by atoms with Crippen LogP contribution >= 0.6 is 0 Å². The molecule has 1 unspecified atom stereocenters. The van der Waals surface area contributed by atoms with Gasteiger partial charge in [-0.25, -0.2) is 4.79 Å². The highest BCUT2D eigenvalue weighted by molar-refractivity contribution is 5.79. The quantitative estimate of drug-likeness (QED) is 0.616. The van der Waals surface area contributed by atoms with E-state index in [0.29, 0.717) is 32.5 Å². The van der Waals surface area contributed by atoms with Crippen LogP contribution in [0.5, 0.6) is 0 Å². The van der Waals surface area contributed by atoms with Gasteiger partial charge in [0, 0.05) is 19.6 Å². The first kappa shape index (κ1) is 12.4. The lowest BCUT2D eigenvalue weighted by Gasteiger charge is -2.36. The molecular weight excluding hydrogens is 198 g/mol. The maximum absolute atomic E-state index is 11.3. The lowest BCUT2D eigenvalue weighted by Crippen LogP contribution is -2.50. The molecule has 1 fully saturated rings. The molecule has 1 saturated heterocycles. The minimum absolute atomic E-state index is 0.367. The minimum atomic E-state index is -1.33. The minimum Gasteiger partial charge on any atom is -0.467 e. The first-order chi connectivity index (χ1) is 6.98. The molecule has 1 aliphatic heterocycles. The normalized spacial score (nSPS) is 23.5. The number of carbonyl (C=O) groups is 1. The summed E-state index contributed by atoms with van der Waals surface area (Å²) >= 11 is 0. The average Bonchev–Trinajstić information content (AvgIpc) is 2.20. The van der Waals surface area contributed by atoms with Gasteiger partial charge in [0.05, 0.1) is 13.2 Å². The summed E-state index contributed by atoms with van der Waals surface area (Å²) < 4.78 is 4.55. The van der Waals surface area contributed by atoms with Crippen molar-refractivity contribution in [1.82, 2.24) is 4.90 Å². The molecule has 0 aromatic carbocycles. The second-order valence-corrected chi connectivity index (χ2v) is 4.17. The molecule has 0 spiro atoms. The van der Waals surface area contributed by atoms with Crippen molar-refractivity contribution in [2.24, 2.45) is 0 Å². The highest BCUT2D eigenvalue weighted by atomic mass is 16.5. The van der Waals surface area contributed by atoms with Crippen LogP contribution in [0, 0.1) is 0 Å². The van der Waals surface area contributed by atoms with Gasteiger partial charge in [-0.2, -0.15) is 0 Å². The van der Waals surface area contributed by atoms with Gasteiger partial charge >= 0.3 is 5.97 Å². The molecule has 5 heteroatoms. The molecule has 0 aromatic heterocycles. The largest absolute Gasteiger partial charge is 0.467 e. The summed E-state index contributed by atoms with van der Waals surface area (Å²) in [5.74, 6) is -0.556. The molecule has 15 heavy (non-hydrogen) atoms. The summed E-state index contributed by atoms with van der Waals surface area (Å²) in [6.07, 6.45) is 0.355. The topological polar surface area (TPSA) is 70.0 Å². The van der Waals surface area contributed by atoms with Crippen molar-refractivity contribution in [2.75, 3.05) is 26.7 Å². The van der Waals surface area contributed by atoms with Crippen molar-refractivity contribution in [3.05, 3.63) is 0 Å². The summed E-state index contributed by atoms with van der Waals surface area (Å²) in [5.41, 5.74) is -1.33. The number of esters is 1. The number of hydrogen-bond acceptors (Lipinski definition) is 5. The Morgan fingerprint density at radius 2 is 2.07 bits per heavy atom. The van der Waals surface area contributed by atoms with Crippen LogP contribution in [0.1, 0.15) is 19.8 Å². The molecule has 1 aliphatic rings. The smallest absolute Gasteiger partial charge is 0.337 e. The van der Waals surface area contributed by atoms with E-state index in [9.17, 15) is 15.0 Å². The van der Waals surface area contributed by atoms with E-state index in [4.69, 9.17) is 0 Å². The summed E-state index contributed by atoms with van der Waals surface area (Å²) in [7, 11) is 1.28. The van der Waals surface area contributed by atoms with Gasteiger partial charge in [-0.05, 0) is 19.8 Å². The Kier molecular flexibility index (Phi) is 4.07. The number of rotatable bonds is 3. The number of hydrogen-bond donors (Lipinski definition) is 2. The van der Waals surface area contributed by atoms with Gasteiger partial charge in [0.15, 0.2) is 5.60 Å². The third-order valence-corrected chi connectivity index (χ3v) is 2.77. The van der Waals surface area contributed by atoms with Crippen LogP contribution in [0.4, 0.5) is 0 Å². The third kappa shape index (κ3) is 3.15. The molecule has 0 saturated carbocycles. The lowest BCUT2D eigenvalue weighted by atomic mass is 9.91. The van der Waals surface area contributed by atoms with Crippen molar-refractivity contribution in [3.63, 3.8) is 0 Å². The molecule has 88 valence electrons. The zero-order valence-electron chi connectivity index (χ0n) is 9.27. The Labute approximate surface area is 89.6 Å². The number of aliphatic hydroxyl groups is 2. The Hall–Kier alpha value is -0.650. The van der Waals surface area contributed by atoms with Gasteiger partial charge in [0.25, 0.3) is 0 Å². The van der Waals surface area contributed by atoms with Crippen LogP contribution < -0.4 is 0 Å². The van der Waals surface area contributed by atoms with Crippen LogP contribution in [0.25, 0.3) is 0 Å². The van der Waals surface area contributed by atoms with E-state index in [0.717, 1.165) is 0 Å². The number of β-amino-alcohol motifs (C(OH)–C–C–N with tert-alkyl or cyclic N) is 1. The van der Waals surface area contributed by atoms with Crippen molar-refractivity contribution < 1.29 is 19.7 Å². The summed E-state index contributed by atoms with van der Waals surface area (Å²) in [4.78, 5) is 13.3. The zero-order chi connectivity index (χ0) is 11.5. The molecule has 5 nitrogen and oxygen atoms in total. The lowest BCUT2D eigenvalue weighted by molar-refractivity contribution is -0.167. The SMILES string of the molecule is COC(=O)C1(O)CCN(CC(C)O)CC1. The van der Waals surface area contributed by atoms with Gasteiger partial charge in [-0.15, -0.1) is 0 Å². The molecule has 0 bridgehead atoms. The number of likely N-dealkylation sites (tertiary alicyclic amines) is 1. The third-order valence-electron chi connectivity index (χ3n) is 2.77. The van der Waals surface area contributed by atoms with E-state index in [-0.39, 0.29) is 6.10 Å². The molecule has 1 heterocycles. The van der Waals surface area contributed by atoms with E-state index in [1.165, 1.54) is 7.11 Å². The van der Waals surface area contributed by atoms with Crippen LogP contribution in [-0.4, -0.2) is 59.5 Å². The second-order valence-electron chi connectivity index (χ2n) is 4.17. The predicted octanol–water partition coefficient (Wildman–Crippen LogP) is -0.633. The molecular formula is C10H19NO4. The summed E-state index contributed by atoms with van der Waals surface area (Å²) in [6, 6.07) is 0. The van der Waals surface area contributed by atoms with Crippen molar-refractivity contribution in [2.45, 2.75) is 31.5 Å². The molecule has 0 aromatic rings. The van der Waals surface area contributed by atoms with E-state index < -0.39 is 11.6 Å². The molecule has 0 radical (unpaired) electrons.